The van der Waals surface area contributed by atoms with Gasteiger partial charge in [0, 0.05) is 20.1 Å². The fourth-order valence-corrected chi connectivity index (χ4v) is 4.63. The van der Waals surface area contributed by atoms with E-state index in [-0.39, 0.29) is 11.8 Å². The van der Waals surface area contributed by atoms with Gasteiger partial charge in [0.2, 0.25) is 11.8 Å². The molecular formula is C20H28N2O2. The van der Waals surface area contributed by atoms with Crippen molar-refractivity contribution in [3.63, 3.8) is 0 Å². The summed E-state index contributed by atoms with van der Waals surface area (Å²) in [6, 6.07) is 4.27. The zero-order valence-electron chi connectivity index (χ0n) is 15.3. The van der Waals surface area contributed by atoms with Crippen LogP contribution in [0.25, 0.3) is 0 Å². The standard InChI is InChI=1S/C20H28N2O2/c1-14-11-15(2)17(16(3)12-14)13-18(23)22-10-6-8-20(22)7-5-9-21(4)19(20)24/h11-12H,5-10,13H2,1-4H3. The Balaban J connectivity index is 1.86. The lowest BCUT2D eigenvalue weighted by Crippen LogP contribution is -2.60. The van der Waals surface area contributed by atoms with Crippen molar-refractivity contribution < 1.29 is 9.59 Å². The maximum Gasteiger partial charge on any atom is 0.248 e. The first-order chi connectivity index (χ1) is 11.3. The van der Waals surface area contributed by atoms with Crippen molar-refractivity contribution in [2.24, 2.45) is 0 Å². The molecule has 2 saturated heterocycles. The van der Waals surface area contributed by atoms with Crippen LogP contribution >= 0.6 is 0 Å². The summed E-state index contributed by atoms with van der Waals surface area (Å²) < 4.78 is 0. The molecule has 1 unspecified atom stereocenters. The molecule has 1 aromatic rings. The van der Waals surface area contributed by atoms with Gasteiger partial charge in [-0.15, -0.1) is 0 Å². The minimum Gasteiger partial charge on any atom is -0.344 e. The molecule has 0 aromatic heterocycles. The number of likely N-dealkylation sites (N-methyl/N-ethyl adjacent to an activating group) is 1. The first-order valence-corrected chi connectivity index (χ1v) is 8.98. The first-order valence-electron chi connectivity index (χ1n) is 8.98. The number of amides is 2. The summed E-state index contributed by atoms with van der Waals surface area (Å²) in [7, 11) is 1.86. The van der Waals surface area contributed by atoms with Crippen LogP contribution in [0.1, 0.15) is 47.9 Å². The highest BCUT2D eigenvalue weighted by Crippen LogP contribution is 2.38. The van der Waals surface area contributed by atoms with Gasteiger partial charge in [0.15, 0.2) is 0 Å². The van der Waals surface area contributed by atoms with Crippen molar-refractivity contribution >= 4 is 11.8 Å². The van der Waals surface area contributed by atoms with Gasteiger partial charge >= 0.3 is 0 Å². The third-order valence-electron chi connectivity index (χ3n) is 5.79. The molecule has 24 heavy (non-hydrogen) atoms. The van der Waals surface area contributed by atoms with Crippen LogP contribution in [0.5, 0.6) is 0 Å². The van der Waals surface area contributed by atoms with Crippen molar-refractivity contribution in [3.8, 4) is 0 Å². The highest BCUT2D eigenvalue weighted by molar-refractivity contribution is 5.93. The Morgan fingerprint density at radius 2 is 1.67 bits per heavy atom. The largest absolute Gasteiger partial charge is 0.344 e. The van der Waals surface area contributed by atoms with Crippen molar-refractivity contribution in [2.45, 2.75) is 58.4 Å². The zero-order valence-corrected chi connectivity index (χ0v) is 15.3. The molecule has 2 aliphatic rings. The normalized spacial score (nSPS) is 24.1. The van der Waals surface area contributed by atoms with Crippen LogP contribution in [0.4, 0.5) is 0 Å². The highest BCUT2D eigenvalue weighted by Gasteiger charge is 2.51. The smallest absolute Gasteiger partial charge is 0.248 e. The molecule has 1 aromatic carbocycles. The summed E-state index contributed by atoms with van der Waals surface area (Å²) in [5.41, 5.74) is 4.10. The molecule has 0 radical (unpaired) electrons. The fourth-order valence-electron chi connectivity index (χ4n) is 4.63. The summed E-state index contributed by atoms with van der Waals surface area (Å²) in [4.78, 5) is 29.6. The number of nitrogens with zero attached hydrogens (tertiary/aromatic N) is 2. The Hall–Kier alpha value is -1.84. The Kier molecular flexibility index (Phi) is 4.41. The van der Waals surface area contributed by atoms with E-state index in [4.69, 9.17) is 0 Å². The number of carbonyl (C=O) groups excluding carboxylic acids is 2. The minimum absolute atomic E-state index is 0.103. The average Bonchev–Trinajstić information content (AvgIpc) is 2.93. The van der Waals surface area contributed by atoms with Crippen molar-refractivity contribution in [1.29, 1.82) is 0 Å². The molecule has 2 amide bonds. The summed E-state index contributed by atoms with van der Waals surface area (Å²) in [5.74, 6) is 0.239. The second-order valence-corrected chi connectivity index (χ2v) is 7.56. The van der Waals surface area contributed by atoms with E-state index in [1.165, 1.54) is 16.7 Å². The second kappa shape index (κ2) is 6.23. The highest BCUT2D eigenvalue weighted by atomic mass is 16.2. The summed E-state index contributed by atoms with van der Waals surface area (Å²) >= 11 is 0. The molecule has 0 saturated carbocycles. The monoisotopic (exact) mass is 328 g/mol. The molecular weight excluding hydrogens is 300 g/mol. The quantitative estimate of drug-likeness (QED) is 0.837. The van der Waals surface area contributed by atoms with Gasteiger partial charge in [-0.3, -0.25) is 9.59 Å². The van der Waals surface area contributed by atoms with Crippen LogP contribution in [0.2, 0.25) is 0 Å². The van der Waals surface area contributed by atoms with Crippen molar-refractivity contribution in [2.75, 3.05) is 20.1 Å². The van der Waals surface area contributed by atoms with Gasteiger partial charge in [-0.05, 0) is 63.1 Å². The van der Waals surface area contributed by atoms with Gasteiger partial charge in [0.1, 0.15) is 5.54 Å². The lowest BCUT2D eigenvalue weighted by Gasteiger charge is -2.43. The molecule has 2 heterocycles. The maximum absolute atomic E-state index is 13.1. The van der Waals surface area contributed by atoms with Crippen LogP contribution in [-0.2, 0) is 16.0 Å². The minimum atomic E-state index is -0.573. The molecule has 2 aliphatic heterocycles. The number of likely N-dealkylation sites (tertiary alicyclic amines) is 2. The summed E-state index contributed by atoms with van der Waals surface area (Å²) in [5, 5.41) is 0. The van der Waals surface area contributed by atoms with Crippen molar-refractivity contribution in [1.82, 2.24) is 9.80 Å². The van der Waals surface area contributed by atoms with E-state index in [1.54, 1.807) is 4.90 Å². The number of aryl methyl sites for hydroxylation is 3. The van der Waals surface area contributed by atoms with Crippen LogP contribution in [0, 0.1) is 20.8 Å². The van der Waals surface area contributed by atoms with E-state index in [0.717, 1.165) is 37.8 Å². The number of carbonyl (C=O) groups is 2. The molecule has 2 fully saturated rings. The van der Waals surface area contributed by atoms with E-state index < -0.39 is 5.54 Å². The van der Waals surface area contributed by atoms with Crippen molar-refractivity contribution in [3.05, 3.63) is 34.4 Å². The number of rotatable bonds is 2. The van der Waals surface area contributed by atoms with Gasteiger partial charge in [0.05, 0.1) is 6.42 Å². The molecule has 0 aliphatic carbocycles. The Morgan fingerprint density at radius 1 is 1.08 bits per heavy atom. The molecule has 1 atom stereocenters. The Morgan fingerprint density at radius 3 is 2.29 bits per heavy atom. The molecule has 0 N–H and O–H groups in total. The van der Waals surface area contributed by atoms with Gasteiger partial charge < -0.3 is 9.80 Å². The van der Waals surface area contributed by atoms with E-state index in [9.17, 15) is 9.59 Å². The van der Waals surface area contributed by atoms with Gasteiger partial charge in [-0.1, -0.05) is 17.7 Å². The number of piperidine rings is 1. The molecule has 130 valence electrons. The van der Waals surface area contributed by atoms with E-state index in [0.29, 0.717) is 13.0 Å². The average molecular weight is 328 g/mol. The van der Waals surface area contributed by atoms with Gasteiger partial charge in [-0.25, -0.2) is 0 Å². The SMILES string of the molecule is Cc1cc(C)c(CC(=O)N2CCCC23CCCN(C)C3=O)c(C)c1. The Bertz CT molecular complexity index is 659. The van der Waals surface area contributed by atoms with Gasteiger partial charge in [-0.2, -0.15) is 0 Å². The third kappa shape index (κ3) is 2.72. The summed E-state index contributed by atoms with van der Waals surface area (Å²) in [6.45, 7) is 7.74. The second-order valence-electron chi connectivity index (χ2n) is 7.56. The van der Waals surface area contributed by atoms with Gasteiger partial charge in [0.25, 0.3) is 0 Å². The molecule has 4 nitrogen and oxygen atoms in total. The molecule has 1 spiro atoms. The topological polar surface area (TPSA) is 40.6 Å². The number of benzene rings is 1. The molecule has 3 rings (SSSR count). The third-order valence-corrected chi connectivity index (χ3v) is 5.79. The van der Waals surface area contributed by atoms with E-state index in [1.807, 2.05) is 11.9 Å². The van der Waals surface area contributed by atoms with Crippen LogP contribution in [0.3, 0.4) is 0 Å². The predicted molar refractivity (Wildman–Crippen MR) is 94.9 cm³/mol. The maximum atomic E-state index is 13.1. The zero-order chi connectivity index (χ0) is 17.5. The Labute approximate surface area is 144 Å². The first kappa shape index (κ1) is 17.0. The van der Waals surface area contributed by atoms with Crippen LogP contribution < -0.4 is 0 Å². The predicted octanol–water partition coefficient (Wildman–Crippen LogP) is 2.77. The summed E-state index contributed by atoms with van der Waals surface area (Å²) in [6.07, 6.45) is 3.93. The molecule has 4 heteroatoms. The molecule has 0 bridgehead atoms. The fraction of sp³-hybridized carbons (Fsp3) is 0.600. The lowest BCUT2D eigenvalue weighted by atomic mass is 9.85. The van der Waals surface area contributed by atoms with E-state index in [2.05, 4.69) is 32.9 Å². The van der Waals surface area contributed by atoms with Crippen LogP contribution in [-0.4, -0.2) is 47.3 Å². The lowest BCUT2D eigenvalue weighted by molar-refractivity contribution is -0.153. The van der Waals surface area contributed by atoms with E-state index >= 15 is 0 Å². The van der Waals surface area contributed by atoms with Crippen LogP contribution in [0.15, 0.2) is 12.1 Å². The number of hydrogen-bond acceptors (Lipinski definition) is 2. The number of hydrogen-bond donors (Lipinski definition) is 0.